The first-order valence-corrected chi connectivity index (χ1v) is 12.0. The highest BCUT2D eigenvalue weighted by atomic mass is 16.6. The van der Waals surface area contributed by atoms with Crippen LogP contribution in [0.4, 0.5) is 4.79 Å². The van der Waals surface area contributed by atoms with Crippen LogP contribution >= 0.6 is 0 Å². The molecule has 36 heavy (non-hydrogen) atoms. The van der Waals surface area contributed by atoms with E-state index in [0.29, 0.717) is 5.56 Å². The van der Waals surface area contributed by atoms with Crippen LogP contribution in [0.15, 0.2) is 48.5 Å². The van der Waals surface area contributed by atoms with Crippen LogP contribution in [-0.2, 0) is 20.7 Å². The van der Waals surface area contributed by atoms with Gasteiger partial charge in [0.05, 0.1) is 0 Å². The molecular weight excluding hydrogens is 454 g/mol. The summed E-state index contributed by atoms with van der Waals surface area (Å²) in [5, 5.41) is 5.54. The van der Waals surface area contributed by atoms with Crippen molar-refractivity contribution < 1.29 is 19.1 Å². The first-order chi connectivity index (χ1) is 16.8. The molecule has 2 rings (SSSR count). The number of terminal acetylenes is 1. The SMILES string of the molecule is C#CN(C(=O)C(Cc1ccccc1)NC(=O)OC(C)(C)C)C(C(=O)NC(C)C)c1ccc(C)cc1C. The molecule has 2 N–H and O–H groups in total. The maximum Gasteiger partial charge on any atom is 0.408 e. The summed E-state index contributed by atoms with van der Waals surface area (Å²) in [5.74, 6) is -0.991. The molecule has 192 valence electrons. The second kappa shape index (κ2) is 12.3. The van der Waals surface area contributed by atoms with Gasteiger partial charge in [-0.15, -0.1) is 0 Å². The lowest BCUT2D eigenvalue weighted by atomic mass is 9.96. The Balaban J connectivity index is 2.51. The molecule has 3 amide bonds. The monoisotopic (exact) mass is 491 g/mol. The third kappa shape index (κ3) is 8.16. The van der Waals surface area contributed by atoms with E-state index in [1.54, 1.807) is 26.8 Å². The third-order valence-electron chi connectivity index (χ3n) is 5.31. The zero-order chi connectivity index (χ0) is 27.0. The number of nitrogens with one attached hydrogen (secondary N) is 2. The summed E-state index contributed by atoms with van der Waals surface area (Å²) in [4.78, 5) is 41.0. The standard InChI is InChI=1S/C29H37N3O4/c1-9-32(25(26(33)30-19(2)3)23-16-15-20(4)17-21(23)5)27(34)24(18-22-13-11-10-12-14-22)31-28(35)36-29(6,7)8/h1,10-17,19,24-25H,18H2,2-8H3,(H,30,33)(H,31,35). The number of hydrogen-bond acceptors (Lipinski definition) is 4. The fourth-order valence-corrected chi connectivity index (χ4v) is 3.83. The lowest BCUT2D eigenvalue weighted by molar-refractivity contribution is -0.138. The smallest absolute Gasteiger partial charge is 0.408 e. The Morgan fingerprint density at radius 1 is 1.03 bits per heavy atom. The van der Waals surface area contributed by atoms with Gasteiger partial charge in [0, 0.05) is 18.5 Å². The molecule has 0 aliphatic heterocycles. The Hall–Kier alpha value is -3.79. The van der Waals surface area contributed by atoms with E-state index in [9.17, 15) is 14.4 Å². The van der Waals surface area contributed by atoms with Crippen molar-refractivity contribution in [3.63, 3.8) is 0 Å². The average molecular weight is 492 g/mol. The van der Waals surface area contributed by atoms with Gasteiger partial charge in [-0.25, -0.2) is 4.79 Å². The lowest BCUT2D eigenvalue weighted by Gasteiger charge is -2.31. The number of carbonyl (C=O) groups is 3. The van der Waals surface area contributed by atoms with Crippen molar-refractivity contribution in [2.45, 2.75) is 78.6 Å². The average Bonchev–Trinajstić information content (AvgIpc) is 2.76. The molecule has 2 aromatic rings. The zero-order valence-corrected chi connectivity index (χ0v) is 22.2. The molecule has 0 spiro atoms. The van der Waals surface area contributed by atoms with Crippen molar-refractivity contribution in [3.05, 3.63) is 70.8 Å². The predicted molar refractivity (Wildman–Crippen MR) is 141 cm³/mol. The van der Waals surface area contributed by atoms with Gasteiger partial charge >= 0.3 is 6.09 Å². The molecule has 0 radical (unpaired) electrons. The highest BCUT2D eigenvalue weighted by Crippen LogP contribution is 2.26. The molecule has 0 saturated heterocycles. The van der Waals surface area contributed by atoms with E-state index >= 15 is 0 Å². The van der Waals surface area contributed by atoms with Crippen LogP contribution < -0.4 is 10.6 Å². The van der Waals surface area contributed by atoms with E-state index in [0.717, 1.165) is 21.6 Å². The van der Waals surface area contributed by atoms with Crippen molar-refractivity contribution in [1.82, 2.24) is 15.5 Å². The summed E-state index contributed by atoms with van der Waals surface area (Å²) in [7, 11) is 0. The number of hydrogen-bond donors (Lipinski definition) is 2. The molecule has 0 fully saturated rings. The van der Waals surface area contributed by atoms with Crippen molar-refractivity contribution in [1.29, 1.82) is 0 Å². The van der Waals surface area contributed by atoms with Crippen LogP contribution in [-0.4, -0.2) is 40.5 Å². The van der Waals surface area contributed by atoms with Gasteiger partial charge in [0.2, 0.25) is 5.91 Å². The summed E-state index contributed by atoms with van der Waals surface area (Å²) >= 11 is 0. The number of nitrogens with zero attached hydrogens (tertiary/aromatic N) is 1. The van der Waals surface area contributed by atoms with Gasteiger partial charge < -0.3 is 15.4 Å². The number of carbonyl (C=O) groups excluding carboxylic acids is 3. The van der Waals surface area contributed by atoms with E-state index < -0.39 is 35.6 Å². The maximum absolute atomic E-state index is 13.9. The molecule has 0 aliphatic rings. The highest BCUT2D eigenvalue weighted by molar-refractivity contribution is 5.93. The van der Waals surface area contributed by atoms with Gasteiger partial charge in [-0.3, -0.25) is 14.5 Å². The van der Waals surface area contributed by atoms with Gasteiger partial charge in [0.15, 0.2) is 0 Å². The number of ether oxygens (including phenoxy) is 1. The van der Waals surface area contributed by atoms with Gasteiger partial charge in [0.1, 0.15) is 17.7 Å². The molecule has 2 aromatic carbocycles. The summed E-state index contributed by atoms with van der Waals surface area (Å²) < 4.78 is 5.40. The number of benzene rings is 2. The van der Waals surface area contributed by atoms with Gasteiger partial charge in [-0.2, -0.15) is 0 Å². The highest BCUT2D eigenvalue weighted by Gasteiger charge is 2.36. The fraction of sp³-hybridized carbons (Fsp3) is 0.414. The Kier molecular flexibility index (Phi) is 9.68. The molecule has 7 heteroatoms. The molecule has 2 unspecified atom stereocenters. The van der Waals surface area contributed by atoms with Crippen LogP contribution in [0.2, 0.25) is 0 Å². The van der Waals surface area contributed by atoms with Crippen molar-refractivity contribution in [3.8, 4) is 12.5 Å². The first kappa shape index (κ1) is 28.4. The molecule has 0 saturated carbocycles. The van der Waals surface area contributed by atoms with Crippen molar-refractivity contribution in [2.24, 2.45) is 0 Å². The second-order valence-electron chi connectivity index (χ2n) is 10.2. The first-order valence-electron chi connectivity index (χ1n) is 12.0. The van der Waals surface area contributed by atoms with Crippen LogP contribution in [0.5, 0.6) is 0 Å². The molecule has 0 heterocycles. The van der Waals surface area contributed by atoms with Crippen LogP contribution in [0.25, 0.3) is 0 Å². The van der Waals surface area contributed by atoms with Crippen molar-refractivity contribution in [2.75, 3.05) is 0 Å². The van der Waals surface area contributed by atoms with Crippen LogP contribution in [0, 0.1) is 26.3 Å². The molecule has 2 atom stereocenters. The van der Waals surface area contributed by atoms with E-state index in [1.807, 2.05) is 70.2 Å². The number of aryl methyl sites for hydroxylation is 2. The second-order valence-corrected chi connectivity index (χ2v) is 10.2. The summed E-state index contributed by atoms with van der Waals surface area (Å²) in [5.41, 5.74) is 2.52. The van der Waals surface area contributed by atoms with E-state index in [1.165, 1.54) is 0 Å². The molecule has 0 aliphatic carbocycles. The Labute approximate surface area is 214 Å². The number of amides is 3. The summed E-state index contributed by atoms with van der Waals surface area (Å²) in [6.45, 7) is 12.7. The fourth-order valence-electron chi connectivity index (χ4n) is 3.83. The van der Waals surface area contributed by atoms with Crippen LogP contribution in [0.1, 0.15) is 62.9 Å². The Morgan fingerprint density at radius 2 is 1.67 bits per heavy atom. The number of rotatable bonds is 8. The van der Waals surface area contributed by atoms with Crippen molar-refractivity contribution >= 4 is 17.9 Å². The quantitative estimate of drug-likeness (QED) is 0.423. The largest absolute Gasteiger partial charge is 0.444 e. The molecule has 7 nitrogen and oxygen atoms in total. The van der Waals surface area contributed by atoms with Crippen LogP contribution in [0.3, 0.4) is 0 Å². The van der Waals surface area contributed by atoms with E-state index in [2.05, 4.69) is 16.7 Å². The normalized spacial score (nSPS) is 12.8. The minimum Gasteiger partial charge on any atom is -0.444 e. The molecule has 0 bridgehead atoms. The summed E-state index contributed by atoms with van der Waals surface area (Å²) in [6, 6.07) is 15.0. The minimum absolute atomic E-state index is 0.166. The maximum atomic E-state index is 13.9. The number of alkyl carbamates (subject to hydrolysis) is 1. The predicted octanol–water partition coefficient (Wildman–Crippen LogP) is 4.42. The van der Waals surface area contributed by atoms with E-state index in [-0.39, 0.29) is 12.5 Å². The topological polar surface area (TPSA) is 87.7 Å². The molecule has 0 aromatic heterocycles. The lowest BCUT2D eigenvalue weighted by Crippen LogP contribution is -2.52. The third-order valence-corrected chi connectivity index (χ3v) is 5.31. The van der Waals surface area contributed by atoms with Gasteiger partial charge in [-0.1, -0.05) is 60.5 Å². The van der Waals surface area contributed by atoms with E-state index in [4.69, 9.17) is 11.2 Å². The zero-order valence-electron chi connectivity index (χ0n) is 22.2. The van der Waals surface area contributed by atoms with Gasteiger partial charge in [-0.05, 0) is 65.2 Å². The summed E-state index contributed by atoms with van der Waals surface area (Å²) in [6.07, 6.45) is 5.28. The molecular formula is C29H37N3O4. The minimum atomic E-state index is -1.08. The Bertz CT molecular complexity index is 1110. The Morgan fingerprint density at radius 3 is 2.19 bits per heavy atom. The van der Waals surface area contributed by atoms with Gasteiger partial charge in [0.25, 0.3) is 5.91 Å².